The van der Waals surface area contributed by atoms with E-state index in [0.29, 0.717) is 5.69 Å². The maximum atomic E-state index is 11.6. The van der Waals surface area contributed by atoms with E-state index in [0.717, 1.165) is 0 Å². The molecule has 0 unspecified atom stereocenters. The minimum Gasteiger partial charge on any atom is -0.462 e. The third kappa shape index (κ3) is 3.54. The molecule has 7 nitrogen and oxygen atoms in total. The molecule has 0 aliphatic carbocycles. The Morgan fingerprint density at radius 1 is 1.42 bits per heavy atom. The third-order valence-corrected chi connectivity index (χ3v) is 2.75. The molecule has 1 aromatic heterocycles. The number of aromatic nitrogens is 1. The highest BCUT2D eigenvalue weighted by molar-refractivity contribution is 5.91. The zero-order chi connectivity index (χ0) is 14.6. The van der Waals surface area contributed by atoms with E-state index in [4.69, 9.17) is 9.84 Å². The van der Waals surface area contributed by atoms with Crippen LogP contribution in [0.4, 0.5) is 0 Å². The van der Waals surface area contributed by atoms with E-state index < -0.39 is 30.9 Å². The van der Waals surface area contributed by atoms with Gasteiger partial charge in [0, 0.05) is 11.4 Å². The number of esters is 1. The number of aliphatic hydroxyl groups excluding tert-OH is 4. The smallest absolute Gasteiger partial charge is 0.339 e. The summed E-state index contributed by atoms with van der Waals surface area (Å²) in [6.07, 6.45) is -4.47. The van der Waals surface area contributed by atoms with Gasteiger partial charge in [-0.05, 0) is 19.9 Å². The van der Waals surface area contributed by atoms with E-state index >= 15 is 0 Å². The Morgan fingerprint density at radius 2 is 2.05 bits per heavy atom. The van der Waals surface area contributed by atoms with Gasteiger partial charge in [0.25, 0.3) is 0 Å². The van der Waals surface area contributed by atoms with Gasteiger partial charge < -0.3 is 30.1 Å². The molecule has 0 aromatic carbocycles. The van der Waals surface area contributed by atoms with Gasteiger partial charge in [0.1, 0.15) is 18.3 Å². The summed E-state index contributed by atoms with van der Waals surface area (Å²) < 4.78 is 4.84. The molecule has 108 valence electrons. The van der Waals surface area contributed by atoms with Crippen LogP contribution in [0.5, 0.6) is 0 Å². The van der Waals surface area contributed by atoms with Gasteiger partial charge in [-0.25, -0.2) is 4.79 Å². The second kappa shape index (κ2) is 6.67. The molecule has 0 saturated carbocycles. The Labute approximate surface area is 110 Å². The molecular formula is C12H19NO6. The largest absolute Gasteiger partial charge is 0.462 e. The van der Waals surface area contributed by atoms with Crippen LogP contribution in [0.25, 0.3) is 0 Å². The second-order valence-electron chi connectivity index (χ2n) is 4.17. The number of aryl methyl sites for hydroxylation is 1. The summed E-state index contributed by atoms with van der Waals surface area (Å²) in [6.45, 7) is 2.85. The summed E-state index contributed by atoms with van der Waals surface area (Å²) >= 11 is 0. The molecule has 0 aliphatic heterocycles. The summed E-state index contributed by atoms with van der Waals surface area (Å²) in [5, 5.41) is 37.4. The van der Waals surface area contributed by atoms with Crippen molar-refractivity contribution in [1.29, 1.82) is 0 Å². The van der Waals surface area contributed by atoms with Gasteiger partial charge >= 0.3 is 5.97 Å². The number of aromatic amines is 1. The van der Waals surface area contributed by atoms with Crippen LogP contribution >= 0.6 is 0 Å². The monoisotopic (exact) mass is 273 g/mol. The van der Waals surface area contributed by atoms with E-state index in [2.05, 4.69) is 4.98 Å². The molecule has 0 radical (unpaired) electrons. The van der Waals surface area contributed by atoms with Crippen molar-refractivity contribution in [3.05, 3.63) is 23.0 Å². The van der Waals surface area contributed by atoms with Crippen LogP contribution in [0, 0.1) is 6.92 Å². The molecule has 0 spiro atoms. The first kappa shape index (κ1) is 15.6. The minimum absolute atomic E-state index is 0.167. The van der Waals surface area contributed by atoms with Crippen molar-refractivity contribution in [2.75, 3.05) is 13.2 Å². The van der Waals surface area contributed by atoms with E-state index in [1.165, 1.54) is 6.07 Å². The minimum atomic E-state index is -1.56. The topological polar surface area (TPSA) is 123 Å². The van der Waals surface area contributed by atoms with Crippen LogP contribution < -0.4 is 0 Å². The highest BCUT2D eigenvalue weighted by Crippen LogP contribution is 2.22. The molecule has 3 atom stereocenters. The number of hydrogen-bond acceptors (Lipinski definition) is 6. The molecule has 0 fully saturated rings. The van der Waals surface area contributed by atoms with E-state index in [1.54, 1.807) is 13.8 Å². The van der Waals surface area contributed by atoms with E-state index in [-0.39, 0.29) is 17.9 Å². The molecule has 1 heterocycles. The number of carbonyl (C=O) groups excluding carboxylic acids is 1. The number of nitrogens with one attached hydrogen (secondary N) is 1. The Hall–Kier alpha value is -1.41. The highest BCUT2D eigenvalue weighted by atomic mass is 16.5. The van der Waals surface area contributed by atoms with Gasteiger partial charge in [-0.3, -0.25) is 0 Å². The molecule has 0 saturated heterocycles. The van der Waals surface area contributed by atoms with E-state index in [9.17, 15) is 20.1 Å². The van der Waals surface area contributed by atoms with Gasteiger partial charge in [-0.15, -0.1) is 0 Å². The van der Waals surface area contributed by atoms with Gasteiger partial charge in [0.2, 0.25) is 0 Å². The lowest BCUT2D eigenvalue weighted by Gasteiger charge is -2.20. The zero-order valence-electron chi connectivity index (χ0n) is 10.8. The van der Waals surface area contributed by atoms with Crippen LogP contribution in [-0.2, 0) is 4.74 Å². The lowest BCUT2D eigenvalue weighted by Crippen LogP contribution is -2.34. The molecular weight excluding hydrogens is 254 g/mol. The predicted molar refractivity (Wildman–Crippen MR) is 65.5 cm³/mol. The van der Waals surface area contributed by atoms with Gasteiger partial charge in [-0.2, -0.15) is 0 Å². The van der Waals surface area contributed by atoms with Gasteiger partial charge in [0.15, 0.2) is 0 Å². The molecule has 0 aliphatic rings. The van der Waals surface area contributed by atoms with Crippen molar-refractivity contribution < 1.29 is 30.0 Å². The Morgan fingerprint density at radius 3 is 2.58 bits per heavy atom. The fourth-order valence-electron chi connectivity index (χ4n) is 1.67. The van der Waals surface area contributed by atoms with Crippen molar-refractivity contribution in [2.45, 2.75) is 32.2 Å². The number of carbonyl (C=O) groups is 1. The maximum Gasteiger partial charge on any atom is 0.339 e. The summed E-state index contributed by atoms with van der Waals surface area (Å²) in [5.41, 5.74) is 0.903. The van der Waals surface area contributed by atoms with Crippen molar-refractivity contribution in [3.63, 3.8) is 0 Å². The third-order valence-electron chi connectivity index (χ3n) is 2.75. The molecule has 19 heavy (non-hydrogen) atoms. The van der Waals surface area contributed by atoms with Crippen LogP contribution in [-0.4, -0.2) is 56.8 Å². The summed E-state index contributed by atoms with van der Waals surface area (Å²) in [4.78, 5) is 14.3. The average Bonchev–Trinajstić information content (AvgIpc) is 2.78. The highest BCUT2D eigenvalue weighted by Gasteiger charge is 2.28. The fraction of sp³-hybridized carbons (Fsp3) is 0.583. The number of rotatable bonds is 6. The molecule has 0 bridgehead atoms. The number of aliphatic hydroxyl groups is 4. The standard InChI is InChI=1S/C12H19NO6/c1-3-19-12(18)7-4-8(13-6(7)2)10(16)11(17)9(15)5-14/h4,9-11,13-17H,3,5H2,1-2H3/t9-,10-,11-/m1/s1. The van der Waals surface area contributed by atoms with Crippen LogP contribution in [0.1, 0.15) is 34.8 Å². The maximum absolute atomic E-state index is 11.6. The second-order valence-corrected chi connectivity index (χ2v) is 4.17. The SMILES string of the molecule is CCOC(=O)c1cc([C@@H](O)[C@H](O)[C@H](O)CO)[nH]c1C. The van der Waals surface area contributed by atoms with Gasteiger partial charge in [-0.1, -0.05) is 0 Å². The number of ether oxygens (including phenoxy) is 1. The van der Waals surface area contributed by atoms with Crippen molar-refractivity contribution in [2.24, 2.45) is 0 Å². The normalized spacial score (nSPS) is 15.9. The fourth-order valence-corrected chi connectivity index (χ4v) is 1.67. The molecule has 0 amide bonds. The van der Waals surface area contributed by atoms with Crippen LogP contribution in [0.2, 0.25) is 0 Å². The summed E-state index contributed by atoms with van der Waals surface area (Å²) in [5.74, 6) is -0.535. The van der Waals surface area contributed by atoms with E-state index in [1.807, 2.05) is 0 Å². The lowest BCUT2D eigenvalue weighted by atomic mass is 10.1. The van der Waals surface area contributed by atoms with Crippen LogP contribution in [0.3, 0.4) is 0 Å². The molecule has 1 rings (SSSR count). The molecule has 5 N–H and O–H groups in total. The van der Waals surface area contributed by atoms with Crippen molar-refractivity contribution in [3.8, 4) is 0 Å². The summed E-state index contributed by atoms with van der Waals surface area (Å²) in [6, 6.07) is 1.35. The summed E-state index contributed by atoms with van der Waals surface area (Å²) in [7, 11) is 0. The van der Waals surface area contributed by atoms with Gasteiger partial charge in [0.05, 0.1) is 18.8 Å². The molecule has 1 aromatic rings. The quantitative estimate of drug-likeness (QED) is 0.434. The van der Waals surface area contributed by atoms with Crippen LogP contribution in [0.15, 0.2) is 6.07 Å². The van der Waals surface area contributed by atoms with Crippen molar-refractivity contribution in [1.82, 2.24) is 4.98 Å². The first-order valence-electron chi connectivity index (χ1n) is 5.94. The first-order chi connectivity index (χ1) is 8.92. The Balaban J connectivity index is 2.91. The Bertz CT molecular complexity index is 430. The predicted octanol–water partition coefficient (Wildman–Crippen LogP) is -0.753. The number of H-pyrrole nitrogens is 1. The Kier molecular flexibility index (Phi) is 5.49. The lowest BCUT2D eigenvalue weighted by molar-refractivity contribution is -0.0788. The molecule has 7 heteroatoms. The van der Waals surface area contributed by atoms with Crippen molar-refractivity contribution >= 4 is 5.97 Å². The average molecular weight is 273 g/mol. The zero-order valence-corrected chi connectivity index (χ0v) is 10.8. The number of hydrogen-bond donors (Lipinski definition) is 5. The first-order valence-corrected chi connectivity index (χ1v) is 5.94.